The third-order valence-electron chi connectivity index (χ3n) is 1.43. The third kappa shape index (κ3) is 1.16. The first-order chi connectivity index (χ1) is 6.68. The zero-order valence-corrected chi connectivity index (χ0v) is 6.65. The molecule has 3 N–H and O–H groups in total. The number of hydrogen-bond acceptors (Lipinski definition) is 7. The van der Waals surface area contributed by atoms with Crippen LogP contribution in [0, 0.1) is 0 Å². The van der Waals surface area contributed by atoms with E-state index < -0.39 is 5.97 Å². The molecule has 0 unspecified atom stereocenters. The van der Waals surface area contributed by atoms with Crippen molar-refractivity contribution in [1.82, 2.24) is 25.3 Å². The molecule has 0 bridgehead atoms. The molecule has 0 fully saturated rings. The zero-order chi connectivity index (χ0) is 10.1. The molecule has 2 aromatic rings. The van der Waals surface area contributed by atoms with Gasteiger partial charge in [0, 0.05) is 0 Å². The molecule has 2 aromatic heterocycles. The summed E-state index contributed by atoms with van der Waals surface area (Å²) in [6, 6.07) is 0. The van der Waals surface area contributed by atoms with Gasteiger partial charge in [0.25, 0.3) is 0 Å². The molecule has 2 heterocycles. The largest absolute Gasteiger partial charge is 0.476 e. The van der Waals surface area contributed by atoms with Gasteiger partial charge < -0.3 is 10.8 Å². The van der Waals surface area contributed by atoms with Gasteiger partial charge in [-0.1, -0.05) is 5.21 Å². The number of nitrogen functional groups attached to an aromatic ring is 1. The summed E-state index contributed by atoms with van der Waals surface area (Å²) in [6.07, 6.45) is 1.15. The maximum atomic E-state index is 10.5. The molecular formula is C5H4N6O3. The highest BCUT2D eigenvalue weighted by Crippen LogP contribution is 2.09. The van der Waals surface area contributed by atoms with Crippen molar-refractivity contribution in [2.24, 2.45) is 0 Å². The Morgan fingerprint density at radius 1 is 1.57 bits per heavy atom. The molecule has 0 aliphatic rings. The first kappa shape index (κ1) is 8.16. The van der Waals surface area contributed by atoms with E-state index in [0.717, 1.165) is 10.9 Å². The maximum Gasteiger partial charge on any atom is 0.358 e. The summed E-state index contributed by atoms with van der Waals surface area (Å²) in [7, 11) is 0. The van der Waals surface area contributed by atoms with Gasteiger partial charge in [0.1, 0.15) is 0 Å². The molecule has 14 heavy (non-hydrogen) atoms. The van der Waals surface area contributed by atoms with E-state index in [4.69, 9.17) is 10.8 Å². The van der Waals surface area contributed by atoms with Crippen LogP contribution in [0.4, 0.5) is 5.82 Å². The molecule has 0 saturated heterocycles. The maximum absolute atomic E-state index is 10.5. The quantitative estimate of drug-likeness (QED) is 0.620. The number of aromatic nitrogens is 5. The molecular weight excluding hydrogens is 192 g/mol. The van der Waals surface area contributed by atoms with Crippen LogP contribution in [-0.4, -0.2) is 36.4 Å². The predicted octanol–water partition coefficient (Wildman–Crippen LogP) is -1.07. The number of rotatable bonds is 2. The number of carboxylic acids is 1. The average molecular weight is 196 g/mol. The van der Waals surface area contributed by atoms with E-state index in [9.17, 15) is 4.79 Å². The first-order valence-corrected chi connectivity index (χ1v) is 3.42. The Balaban J connectivity index is 2.43. The van der Waals surface area contributed by atoms with Crippen molar-refractivity contribution in [3.05, 3.63) is 11.9 Å². The fourth-order valence-corrected chi connectivity index (χ4v) is 0.815. The summed E-state index contributed by atoms with van der Waals surface area (Å²) in [5, 5.41) is 22.1. The monoisotopic (exact) mass is 196 g/mol. The standard InChI is InChI=1S/C5H4N6O3/c6-3-4(9-14-8-3)11-1-2(5(12)13)7-10-11/h1H,(H2,6,8)(H,12,13). The molecule has 0 radical (unpaired) electrons. The van der Waals surface area contributed by atoms with Gasteiger partial charge in [-0.3, -0.25) is 0 Å². The molecule has 0 saturated carbocycles. The minimum atomic E-state index is -1.19. The first-order valence-electron chi connectivity index (χ1n) is 3.42. The normalized spacial score (nSPS) is 10.3. The van der Waals surface area contributed by atoms with Gasteiger partial charge >= 0.3 is 5.97 Å². The van der Waals surface area contributed by atoms with Crippen LogP contribution in [0.25, 0.3) is 5.82 Å². The number of nitrogens with zero attached hydrogens (tertiary/aromatic N) is 5. The van der Waals surface area contributed by atoms with Crippen LogP contribution in [0.15, 0.2) is 10.8 Å². The van der Waals surface area contributed by atoms with Gasteiger partial charge in [0.15, 0.2) is 5.69 Å². The molecule has 0 atom stereocenters. The van der Waals surface area contributed by atoms with Crippen molar-refractivity contribution < 1.29 is 14.5 Å². The van der Waals surface area contributed by atoms with E-state index in [1.54, 1.807) is 0 Å². The Kier molecular flexibility index (Phi) is 1.63. The molecule has 0 aliphatic carbocycles. The highest BCUT2D eigenvalue weighted by Gasteiger charge is 2.14. The Labute approximate surface area is 76.1 Å². The fourth-order valence-electron chi connectivity index (χ4n) is 0.815. The van der Waals surface area contributed by atoms with Crippen LogP contribution in [0.2, 0.25) is 0 Å². The van der Waals surface area contributed by atoms with Crippen molar-refractivity contribution in [1.29, 1.82) is 0 Å². The summed E-state index contributed by atoms with van der Waals surface area (Å²) >= 11 is 0. The number of anilines is 1. The van der Waals surface area contributed by atoms with Crippen molar-refractivity contribution in [2.75, 3.05) is 5.73 Å². The predicted molar refractivity (Wildman–Crippen MR) is 40.6 cm³/mol. The van der Waals surface area contributed by atoms with Crippen molar-refractivity contribution >= 4 is 11.8 Å². The molecule has 2 rings (SSSR count). The second kappa shape index (κ2) is 2.80. The molecule has 0 spiro atoms. The van der Waals surface area contributed by atoms with E-state index in [-0.39, 0.29) is 17.3 Å². The lowest BCUT2D eigenvalue weighted by Gasteiger charge is -1.89. The second-order valence-corrected chi connectivity index (χ2v) is 2.33. The number of carbonyl (C=O) groups is 1. The minimum absolute atomic E-state index is 0.00633. The molecule has 9 nitrogen and oxygen atoms in total. The highest BCUT2D eigenvalue weighted by atomic mass is 16.6. The van der Waals surface area contributed by atoms with Crippen molar-refractivity contribution in [3.8, 4) is 5.82 Å². The summed E-state index contributed by atoms with van der Waals surface area (Å²) in [4.78, 5) is 10.5. The third-order valence-corrected chi connectivity index (χ3v) is 1.43. The lowest BCUT2D eigenvalue weighted by molar-refractivity contribution is 0.0690. The van der Waals surface area contributed by atoms with Gasteiger partial charge in [-0.25, -0.2) is 9.42 Å². The highest BCUT2D eigenvalue weighted by molar-refractivity contribution is 5.84. The topological polar surface area (TPSA) is 133 Å². The molecule has 0 amide bonds. The molecule has 72 valence electrons. The second-order valence-electron chi connectivity index (χ2n) is 2.33. The lowest BCUT2D eigenvalue weighted by atomic mass is 10.5. The zero-order valence-electron chi connectivity index (χ0n) is 6.65. The van der Waals surface area contributed by atoms with Crippen LogP contribution >= 0.6 is 0 Å². The summed E-state index contributed by atoms with van der Waals surface area (Å²) < 4.78 is 5.37. The Morgan fingerprint density at radius 2 is 2.36 bits per heavy atom. The number of aromatic carboxylic acids is 1. The number of carboxylic acid groups (broad SMARTS) is 1. The minimum Gasteiger partial charge on any atom is -0.476 e. The van der Waals surface area contributed by atoms with Crippen molar-refractivity contribution in [3.63, 3.8) is 0 Å². The van der Waals surface area contributed by atoms with E-state index in [1.807, 2.05) is 0 Å². The van der Waals surface area contributed by atoms with Crippen LogP contribution in [-0.2, 0) is 0 Å². The Bertz CT molecular complexity index is 473. The van der Waals surface area contributed by atoms with E-state index >= 15 is 0 Å². The van der Waals surface area contributed by atoms with Crippen molar-refractivity contribution in [2.45, 2.75) is 0 Å². The summed E-state index contributed by atoms with van der Waals surface area (Å²) in [6.45, 7) is 0. The smallest absolute Gasteiger partial charge is 0.358 e. The Hall–Kier alpha value is -2.45. The van der Waals surface area contributed by atoms with Gasteiger partial charge in [-0.15, -0.1) is 5.10 Å². The van der Waals surface area contributed by atoms with E-state index in [2.05, 4.69) is 25.3 Å². The van der Waals surface area contributed by atoms with Gasteiger partial charge in [0.05, 0.1) is 6.20 Å². The van der Waals surface area contributed by atoms with Crippen LogP contribution in [0.1, 0.15) is 10.5 Å². The van der Waals surface area contributed by atoms with E-state index in [0.29, 0.717) is 0 Å². The van der Waals surface area contributed by atoms with Crippen LogP contribution < -0.4 is 5.73 Å². The van der Waals surface area contributed by atoms with Gasteiger partial charge in [-0.05, 0) is 10.3 Å². The molecule has 9 heteroatoms. The number of nitrogens with two attached hydrogens (primary N) is 1. The average Bonchev–Trinajstić information content (AvgIpc) is 2.71. The van der Waals surface area contributed by atoms with Crippen LogP contribution in [0.3, 0.4) is 0 Å². The number of hydrogen-bond donors (Lipinski definition) is 2. The summed E-state index contributed by atoms with van der Waals surface area (Å²) in [5.41, 5.74) is 5.14. The van der Waals surface area contributed by atoms with Gasteiger partial charge in [0.2, 0.25) is 11.6 Å². The SMILES string of the molecule is Nc1nonc1-n1cc(C(=O)O)nn1. The Morgan fingerprint density at radius 3 is 2.86 bits per heavy atom. The summed E-state index contributed by atoms with van der Waals surface area (Å²) in [5.74, 6) is -1.08. The molecule has 0 aliphatic heterocycles. The van der Waals surface area contributed by atoms with Crippen LogP contribution in [0.5, 0.6) is 0 Å². The molecule has 0 aromatic carbocycles. The lowest BCUT2D eigenvalue weighted by Crippen LogP contribution is -2.00. The van der Waals surface area contributed by atoms with Gasteiger partial charge in [-0.2, -0.15) is 4.68 Å². The van der Waals surface area contributed by atoms with E-state index in [1.165, 1.54) is 0 Å². The fraction of sp³-hybridized carbons (Fsp3) is 0.